The zero-order chi connectivity index (χ0) is 19.4. The normalized spacial score (nSPS) is 18.8. The molecule has 0 aromatic heterocycles. The van der Waals surface area contributed by atoms with Crippen molar-refractivity contribution in [3.05, 3.63) is 0 Å². The van der Waals surface area contributed by atoms with Gasteiger partial charge in [-0.1, -0.05) is 0 Å². The number of ketones is 1. The van der Waals surface area contributed by atoms with Crippen LogP contribution in [-0.2, 0) is 19.1 Å². The quantitative estimate of drug-likeness (QED) is 0.778. The molecule has 25 heavy (non-hydrogen) atoms. The lowest BCUT2D eigenvalue weighted by atomic mass is 9.93. The second-order valence-corrected chi connectivity index (χ2v) is 8.04. The summed E-state index contributed by atoms with van der Waals surface area (Å²) >= 11 is 0. The lowest BCUT2D eigenvalue weighted by Gasteiger charge is -2.32. The molecule has 0 saturated carbocycles. The Kier molecular flexibility index (Phi) is 6.56. The predicted molar refractivity (Wildman–Crippen MR) is 89.9 cm³/mol. The van der Waals surface area contributed by atoms with Gasteiger partial charge in [-0.05, 0) is 48.0 Å². The number of imide groups is 1. The summed E-state index contributed by atoms with van der Waals surface area (Å²) in [7, 11) is 0. The highest BCUT2D eigenvalue weighted by molar-refractivity contribution is 6.06. The van der Waals surface area contributed by atoms with E-state index in [0.29, 0.717) is 6.42 Å². The maximum atomic E-state index is 12.1. The van der Waals surface area contributed by atoms with Gasteiger partial charge in [-0.3, -0.25) is 9.59 Å². The van der Waals surface area contributed by atoms with Crippen LogP contribution in [0.2, 0.25) is 0 Å². The van der Waals surface area contributed by atoms with Crippen LogP contribution in [0, 0.1) is 5.92 Å². The molecule has 0 spiro atoms. The van der Waals surface area contributed by atoms with Crippen LogP contribution in [0.1, 0.15) is 54.4 Å². The van der Waals surface area contributed by atoms with E-state index >= 15 is 0 Å². The van der Waals surface area contributed by atoms with Crippen LogP contribution < -0.4 is 5.32 Å². The van der Waals surface area contributed by atoms with Crippen LogP contribution in [-0.4, -0.2) is 53.1 Å². The van der Waals surface area contributed by atoms with E-state index in [0.717, 1.165) is 4.90 Å². The number of carbonyl (C=O) groups excluding carboxylic acids is 4. The van der Waals surface area contributed by atoms with Crippen LogP contribution in [0.25, 0.3) is 0 Å². The molecule has 1 unspecified atom stereocenters. The summed E-state index contributed by atoms with van der Waals surface area (Å²) in [6.45, 7) is 10.5. The number of nitrogens with one attached hydrogen (secondary N) is 1. The molecule has 1 atom stereocenters. The van der Waals surface area contributed by atoms with E-state index in [1.807, 2.05) is 0 Å². The Labute approximate surface area is 148 Å². The summed E-state index contributed by atoms with van der Waals surface area (Å²) in [6.07, 6.45) is -1.35. The largest absolute Gasteiger partial charge is 0.444 e. The maximum Gasteiger partial charge on any atom is 0.417 e. The second kappa shape index (κ2) is 7.84. The fraction of sp³-hybridized carbons (Fsp3) is 0.765. The lowest BCUT2D eigenvalue weighted by molar-refractivity contribution is -0.141. The zero-order valence-electron chi connectivity index (χ0n) is 15.8. The molecule has 1 aliphatic rings. The fourth-order valence-electron chi connectivity index (χ4n) is 2.22. The monoisotopic (exact) mass is 356 g/mol. The fourth-order valence-corrected chi connectivity index (χ4v) is 2.22. The highest BCUT2D eigenvalue weighted by Crippen LogP contribution is 2.20. The molecule has 1 saturated heterocycles. The van der Waals surface area contributed by atoms with E-state index in [9.17, 15) is 19.2 Å². The number of alkyl carbamates (subject to hydrolysis) is 1. The first-order valence-electron chi connectivity index (χ1n) is 8.31. The average molecular weight is 356 g/mol. The van der Waals surface area contributed by atoms with Gasteiger partial charge in [-0.25, -0.2) is 14.5 Å². The standard InChI is InChI=1S/C17H28N2O6/c1-16(2,3)24-14(22)18-8-7-11-10-19(13(21)9-12(11)20)15(23)25-17(4,5)6/h11H,7-10H2,1-6H3,(H,18,22). The van der Waals surface area contributed by atoms with Crippen molar-refractivity contribution in [2.45, 2.75) is 65.6 Å². The van der Waals surface area contributed by atoms with Gasteiger partial charge in [0.2, 0.25) is 5.91 Å². The summed E-state index contributed by atoms with van der Waals surface area (Å²) in [5.41, 5.74) is -1.34. The molecule has 142 valence electrons. The number of amides is 3. The second-order valence-electron chi connectivity index (χ2n) is 8.04. The van der Waals surface area contributed by atoms with E-state index < -0.39 is 35.2 Å². The highest BCUT2D eigenvalue weighted by Gasteiger charge is 2.37. The van der Waals surface area contributed by atoms with Crippen LogP contribution in [0.4, 0.5) is 9.59 Å². The molecule has 1 fully saturated rings. The Morgan fingerprint density at radius 1 is 1.08 bits per heavy atom. The molecular formula is C17H28N2O6. The molecule has 1 aliphatic heterocycles. The molecule has 8 nitrogen and oxygen atoms in total. The van der Waals surface area contributed by atoms with Gasteiger partial charge in [0.15, 0.2) is 0 Å². The molecule has 0 aromatic carbocycles. The van der Waals surface area contributed by atoms with Crippen LogP contribution in [0.15, 0.2) is 0 Å². The number of hydrogen-bond donors (Lipinski definition) is 1. The van der Waals surface area contributed by atoms with E-state index in [-0.39, 0.29) is 25.3 Å². The zero-order valence-corrected chi connectivity index (χ0v) is 15.8. The minimum Gasteiger partial charge on any atom is -0.444 e. The topological polar surface area (TPSA) is 102 Å². The SMILES string of the molecule is CC(C)(C)OC(=O)NCCC1CN(C(=O)OC(C)(C)C)C(=O)CC1=O. The Balaban J connectivity index is 2.56. The van der Waals surface area contributed by atoms with Gasteiger partial charge in [-0.2, -0.15) is 0 Å². The van der Waals surface area contributed by atoms with E-state index in [1.165, 1.54) is 0 Å². The van der Waals surface area contributed by atoms with Crippen molar-refractivity contribution in [3.8, 4) is 0 Å². The number of hydrogen-bond acceptors (Lipinski definition) is 6. The van der Waals surface area contributed by atoms with Crippen molar-refractivity contribution in [1.29, 1.82) is 0 Å². The third-order valence-electron chi connectivity index (χ3n) is 3.26. The molecule has 8 heteroatoms. The smallest absolute Gasteiger partial charge is 0.417 e. The Hall–Kier alpha value is -2.12. The van der Waals surface area contributed by atoms with Crippen molar-refractivity contribution >= 4 is 23.9 Å². The van der Waals surface area contributed by atoms with Gasteiger partial charge in [0.1, 0.15) is 17.0 Å². The average Bonchev–Trinajstić information content (AvgIpc) is 2.36. The third kappa shape index (κ3) is 7.53. The summed E-state index contributed by atoms with van der Waals surface area (Å²) in [4.78, 5) is 48.6. The maximum absolute atomic E-state index is 12.1. The van der Waals surface area contributed by atoms with Crippen molar-refractivity contribution < 1.29 is 28.7 Å². The van der Waals surface area contributed by atoms with E-state index in [4.69, 9.17) is 9.47 Å². The Morgan fingerprint density at radius 2 is 1.64 bits per heavy atom. The van der Waals surface area contributed by atoms with Crippen molar-refractivity contribution in [2.75, 3.05) is 13.1 Å². The Morgan fingerprint density at radius 3 is 2.16 bits per heavy atom. The van der Waals surface area contributed by atoms with Crippen LogP contribution in [0.3, 0.4) is 0 Å². The summed E-state index contributed by atoms with van der Waals surface area (Å²) in [5.74, 6) is -1.33. The number of Topliss-reactive ketones (excluding diaryl/α,β-unsaturated/α-hetero) is 1. The van der Waals surface area contributed by atoms with Gasteiger partial charge in [0, 0.05) is 19.0 Å². The van der Waals surface area contributed by atoms with Gasteiger partial charge in [0.05, 0.1) is 6.42 Å². The number of rotatable bonds is 3. The molecule has 0 aromatic rings. The van der Waals surface area contributed by atoms with Crippen molar-refractivity contribution in [3.63, 3.8) is 0 Å². The third-order valence-corrected chi connectivity index (χ3v) is 3.26. The lowest BCUT2D eigenvalue weighted by Crippen LogP contribution is -2.50. The van der Waals surface area contributed by atoms with Gasteiger partial charge in [-0.15, -0.1) is 0 Å². The summed E-state index contributed by atoms with van der Waals surface area (Å²) in [6, 6.07) is 0. The predicted octanol–water partition coefficient (Wildman–Crippen LogP) is 2.25. The minimum absolute atomic E-state index is 0.0391. The molecule has 1 N–H and O–H groups in total. The Bertz CT molecular complexity index is 544. The first-order chi connectivity index (χ1) is 11.3. The van der Waals surface area contributed by atoms with Gasteiger partial charge in [0.25, 0.3) is 0 Å². The first-order valence-corrected chi connectivity index (χ1v) is 8.31. The number of piperidine rings is 1. The van der Waals surface area contributed by atoms with E-state index in [2.05, 4.69) is 5.32 Å². The molecule has 0 bridgehead atoms. The molecule has 0 aliphatic carbocycles. The molecule has 1 rings (SSSR count). The first kappa shape index (κ1) is 20.9. The number of carbonyl (C=O) groups is 4. The summed E-state index contributed by atoms with van der Waals surface area (Å²) < 4.78 is 10.3. The molecule has 3 amide bonds. The van der Waals surface area contributed by atoms with Crippen LogP contribution in [0.5, 0.6) is 0 Å². The molecule has 1 heterocycles. The number of ether oxygens (including phenoxy) is 2. The minimum atomic E-state index is -0.755. The van der Waals surface area contributed by atoms with Gasteiger partial charge < -0.3 is 14.8 Å². The van der Waals surface area contributed by atoms with Crippen LogP contribution >= 0.6 is 0 Å². The van der Waals surface area contributed by atoms with E-state index in [1.54, 1.807) is 41.5 Å². The molecule has 0 radical (unpaired) electrons. The van der Waals surface area contributed by atoms with Crippen molar-refractivity contribution in [2.24, 2.45) is 5.92 Å². The highest BCUT2D eigenvalue weighted by atomic mass is 16.6. The van der Waals surface area contributed by atoms with Gasteiger partial charge >= 0.3 is 12.2 Å². The summed E-state index contributed by atoms with van der Waals surface area (Å²) in [5, 5.41) is 2.57. The number of nitrogens with zero attached hydrogens (tertiary/aromatic N) is 1. The number of likely N-dealkylation sites (tertiary alicyclic amines) is 1. The van der Waals surface area contributed by atoms with Crippen molar-refractivity contribution in [1.82, 2.24) is 10.2 Å². The molecular weight excluding hydrogens is 328 g/mol.